The summed E-state index contributed by atoms with van der Waals surface area (Å²) in [6, 6.07) is 4.92. The number of aliphatic carboxylic acids is 1. The molecule has 0 aliphatic heterocycles. The van der Waals surface area contributed by atoms with Crippen molar-refractivity contribution in [2.24, 2.45) is 0 Å². The Bertz CT molecular complexity index is 616. The lowest BCUT2D eigenvalue weighted by Crippen LogP contribution is -2.29. The zero-order valence-corrected chi connectivity index (χ0v) is 12.1. The van der Waals surface area contributed by atoms with Gasteiger partial charge in [0.1, 0.15) is 0 Å². The average molecular weight is 292 g/mol. The summed E-state index contributed by atoms with van der Waals surface area (Å²) >= 11 is 1.43. The Balaban J connectivity index is 2.17. The summed E-state index contributed by atoms with van der Waals surface area (Å²) in [5.74, 6) is -1.20. The number of hydrogen-bond acceptors (Lipinski definition) is 3. The van der Waals surface area contributed by atoms with Crippen LogP contribution in [0.25, 0.3) is 0 Å². The van der Waals surface area contributed by atoms with E-state index in [-0.39, 0.29) is 12.3 Å². The van der Waals surface area contributed by atoms with Gasteiger partial charge < -0.3 is 15.4 Å². The lowest BCUT2D eigenvalue weighted by molar-refractivity contribution is -0.137. The lowest BCUT2D eigenvalue weighted by Gasteiger charge is -2.15. The smallest absolute Gasteiger partial charge is 0.305 e. The Morgan fingerprint density at radius 2 is 2.20 bits per heavy atom. The Labute approximate surface area is 120 Å². The molecular weight excluding hydrogens is 276 g/mol. The van der Waals surface area contributed by atoms with Gasteiger partial charge in [-0.05, 0) is 31.4 Å². The van der Waals surface area contributed by atoms with Gasteiger partial charge in [0.25, 0.3) is 5.91 Å². The summed E-state index contributed by atoms with van der Waals surface area (Å²) in [5.41, 5.74) is 2.23. The molecule has 5 nitrogen and oxygen atoms in total. The zero-order valence-electron chi connectivity index (χ0n) is 11.3. The third-order valence-electron chi connectivity index (χ3n) is 2.96. The molecule has 0 aliphatic carbocycles. The van der Waals surface area contributed by atoms with Crippen molar-refractivity contribution >= 4 is 23.2 Å². The SMILES string of the molecule is Cc1cc(C(=O)NC(CC(=O)O)c2cccs2)c(C)[nH]1. The fourth-order valence-electron chi connectivity index (χ4n) is 2.08. The molecule has 106 valence electrons. The van der Waals surface area contributed by atoms with E-state index in [1.807, 2.05) is 31.4 Å². The quantitative estimate of drug-likeness (QED) is 0.792. The van der Waals surface area contributed by atoms with E-state index in [1.165, 1.54) is 11.3 Å². The van der Waals surface area contributed by atoms with Crippen LogP contribution in [0.2, 0.25) is 0 Å². The van der Waals surface area contributed by atoms with Crippen molar-refractivity contribution in [3.63, 3.8) is 0 Å². The lowest BCUT2D eigenvalue weighted by atomic mass is 10.1. The monoisotopic (exact) mass is 292 g/mol. The van der Waals surface area contributed by atoms with Crippen molar-refractivity contribution in [2.75, 3.05) is 0 Å². The number of carboxylic acid groups (broad SMARTS) is 1. The van der Waals surface area contributed by atoms with Crippen LogP contribution in [-0.4, -0.2) is 22.0 Å². The first-order valence-corrected chi connectivity index (χ1v) is 7.07. The number of aryl methyl sites for hydroxylation is 2. The van der Waals surface area contributed by atoms with E-state index in [1.54, 1.807) is 6.07 Å². The first-order chi connectivity index (χ1) is 9.47. The molecule has 0 saturated carbocycles. The maximum atomic E-state index is 12.2. The molecule has 0 bridgehead atoms. The largest absolute Gasteiger partial charge is 0.481 e. The number of carbonyl (C=O) groups excluding carboxylic acids is 1. The molecule has 20 heavy (non-hydrogen) atoms. The van der Waals surface area contributed by atoms with Gasteiger partial charge in [0.15, 0.2) is 0 Å². The van der Waals surface area contributed by atoms with Gasteiger partial charge in [-0.15, -0.1) is 11.3 Å². The second-order valence-corrected chi connectivity index (χ2v) is 5.61. The number of aromatic amines is 1. The van der Waals surface area contributed by atoms with Crippen LogP contribution in [0, 0.1) is 13.8 Å². The third-order valence-corrected chi connectivity index (χ3v) is 3.95. The van der Waals surface area contributed by atoms with Gasteiger partial charge in [0.2, 0.25) is 0 Å². The molecule has 2 aromatic rings. The number of H-pyrrole nitrogens is 1. The van der Waals surface area contributed by atoms with Crippen molar-refractivity contribution in [2.45, 2.75) is 26.3 Å². The molecule has 0 radical (unpaired) electrons. The van der Waals surface area contributed by atoms with Crippen LogP contribution in [0.4, 0.5) is 0 Å². The highest BCUT2D eigenvalue weighted by Crippen LogP contribution is 2.23. The number of aromatic nitrogens is 1. The number of rotatable bonds is 5. The van der Waals surface area contributed by atoms with Crippen LogP contribution in [0.3, 0.4) is 0 Å². The van der Waals surface area contributed by atoms with Gasteiger partial charge >= 0.3 is 5.97 Å². The molecule has 0 saturated heterocycles. The van der Waals surface area contributed by atoms with E-state index in [0.717, 1.165) is 16.3 Å². The molecule has 0 aliphatic rings. The topological polar surface area (TPSA) is 82.2 Å². The number of amides is 1. The maximum Gasteiger partial charge on any atom is 0.305 e. The molecule has 3 N–H and O–H groups in total. The Kier molecular flexibility index (Phi) is 4.24. The van der Waals surface area contributed by atoms with E-state index in [0.29, 0.717) is 5.56 Å². The molecule has 6 heteroatoms. The Morgan fingerprint density at radius 1 is 1.45 bits per heavy atom. The summed E-state index contributed by atoms with van der Waals surface area (Å²) in [6.45, 7) is 3.69. The minimum absolute atomic E-state index is 0.130. The predicted molar refractivity (Wildman–Crippen MR) is 77.0 cm³/mol. The molecule has 0 spiro atoms. The molecule has 1 atom stereocenters. The van der Waals surface area contributed by atoms with Crippen LogP contribution in [0.15, 0.2) is 23.6 Å². The summed E-state index contributed by atoms with van der Waals surface area (Å²) in [4.78, 5) is 27.1. The summed E-state index contributed by atoms with van der Waals surface area (Å²) < 4.78 is 0. The van der Waals surface area contributed by atoms with Crippen molar-refractivity contribution in [3.05, 3.63) is 45.4 Å². The highest BCUT2D eigenvalue weighted by Gasteiger charge is 2.21. The molecule has 1 amide bonds. The first-order valence-electron chi connectivity index (χ1n) is 6.19. The second-order valence-electron chi connectivity index (χ2n) is 4.63. The normalized spacial score (nSPS) is 12.1. The van der Waals surface area contributed by atoms with Gasteiger partial charge in [0, 0.05) is 16.3 Å². The standard InChI is InChI=1S/C14H16N2O3S/c1-8-6-10(9(2)15-8)14(19)16-11(7-13(17)18)12-4-3-5-20-12/h3-6,11,15H,7H2,1-2H3,(H,16,19)(H,17,18). The van der Waals surface area contributed by atoms with E-state index in [4.69, 9.17) is 5.11 Å². The van der Waals surface area contributed by atoms with Crippen LogP contribution < -0.4 is 5.32 Å². The molecule has 2 aromatic heterocycles. The average Bonchev–Trinajstić information content (AvgIpc) is 2.97. The highest BCUT2D eigenvalue weighted by atomic mass is 32.1. The summed E-state index contributed by atoms with van der Waals surface area (Å²) in [5, 5.41) is 13.6. The molecule has 2 heterocycles. The minimum atomic E-state index is -0.939. The molecule has 0 aromatic carbocycles. The van der Waals surface area contributed by atoms with Crippen molar-refractivity contribution in [1.29, 1.82) is 0 Å². The van der Waals surface area contributed by atoms with E-state index in [9.17, 15) is 9.59 Å². The van der Waals surface area contributed by atoms with E-state index >= 15 is 0 Å². The fourth-order valence-corrected chi connectivity index (χ4v) is 2.86. The third kappa shape index (κ3) is 3.27. The molecule has 0 fully saturated rings. The molecular formula is C14H16N2O3S. The number of hydrogen-bond donors (Lipinski definition) is 3. The van der Waals surface area contributed by atoms with Crippen molar-refractivity contribution < 1.29 is 14.7 Å². The van der Waals surface area contributed by atoms with E-state index in [2.05, 4.69) is 10.3 Å². The van der Waals surface area contributed by atoms with Gasteiger partial charge in [-0.25, -0.2) is 0 Å². The number of thiophene rings is 1. The van der Waals surface area contributed by atoms with Crippen molar-refractivity contribution in [3.8, 4) is 0 Å². The van der Waals surface area contributed by atoms with Gasteiger partial charge in [-0.3, -0.25) is 9.59 Å². The van der Waals surface area contributed by atoms with Crippen LogP contribution in [0.5, 0.6) is 0 Å². The van der Waals surface area contributed by atoms with Crippen LogP contribution >= 0.6 is 11.3 Å². The van der Waals surface area contributed by atoms with Gasteiger partial charge in [0.05, 0.1) is 18.0 Å². The summed E-state index contributed by atoms with van der Waals surface area (Å²) in [7, 11) is 0. The zero-order chi connectivity index (χ0) is 14.7. The predicted octanol–water partition coefficient (Wildman–Crippen LogP) is 2.64. The van der Waals surface area contributed by atoms with Crippen LogP contribution in [0.1, 0.15) is 39.1 Å². The van der Waals surface area contributed by atoms with Gasteiger partial charge in [-0.1, -0.05) is 6.07 Å². The summed E-state index contributed by atoms with van der Waals surface area (Å²) in [6.07, 6.45) is -0.130. The maximum absolute atomic E-state index is 12.2. The Hall–Kier alpha value is -2.08. The molecule has 1 unspecified atom stereocenters. The van der Waals surface area contributed by atoms with E-state index < -0.39 is 12.0 Å². The first kappa shape index (κ1) is 14.3. The van der Waals surface area contributed by atoms with Crippen LogP contribution in [-0.2, 0) is 4.79 Å². The number of carboxylic acids is 1. The second kappa shape index (κ2) is 5.92. The number of carbonyl (C=O) groups is 2. The van der Waals surface area contributed by atoms with Gasteiger partial charge in [-0.2, -0.15) is 0 Å². The number of nitrogens with one attached hydrogen (secondary N) is 2. The fraction of sp³-hybridized carbons (Fsp3) is 0.286. The molecule has 2 rings (SSSR count). The van der Waals surface area contributed by atoms with Crippen molar-refractivity contribution in [1.82, 2.24) is 10.3 Å². The Morgan fingerprint density at radius 3 is 2.70 bits per heavy atom. The highest BCUT2D eigenvalue weighted by molar-refractivity contribution is 7.10. The minimum Gasteiger partial charge on any atom is -0.481 e.